The fourth-order valence-corrected chi connectivity index (χ4v) is 3.77. The Morgan fingerprint density at radius 1 is 1.28 bits per heavy atom. The Labute approximate surface area is 151 Å². The average molecular weight is 358 g/mol. The third kappa shape index (κ3) is 4.64. The molecule has 0 unspecified atom stereocenters. The van der Waals surface area contributed by atoms with Crippen molar-refractivity contribution in [1.82, 2.24) is 15.2 Å². The first-order valence-corrected chi connectivity index (χ1v) is 9.15. The summed E-state index contributed by atoms with van der Waals surface area (Å²) in [6.45, 7) is 4.14. The first-order valence-electron chi connectivity index (χ1n) is 8.33. The van der Waals surface area contributed by atoms with E-state index in [9.17, 15) is 9.59 Å². The molecule has 0 radical (unpaired) electrons. The summed E-state index contributed by atoms with van der Waals surface area (Å²) >= 11 is 1.51. The lowest BCUT2D eigenvalue weighted by molar-refractivity contribution is 0.0984. The van der Waals surface area contributed by atoms with Crippen LogP contribution in [0.2, 0.25) is 0 Å². The van der Waals surface area contributed by atoms with Gasteiger partial charge in [-0.15, -0.1) is 11.3 Å². The summed E-state index contributed by atoms with van der Waals surface area (Å²) in [7, 11) is 2.08. The number of nitrogens with zero attached hydrogens (tertiary/aromatic N) is 2. The molecule has 6 nitrogen and oxygen atoms in total. The van der Waals surface area contributed by atoms with E-state index in [2.05, 4.69) is 27.6 Å². The maximum Gasteiger partial charge on any atom is 0.321 e. The number of Topliss-reactive ketones (excluding diaryl/α,β-unsaturated/α-hetero) is 1. The van der Waals surface area contributed by atoms with Crippen LogP contribution in [0.1, 0.15) is 32.9 Å². The molecule has 25 heavy (non-hydrogen) atoms. The molecule has 0 bridgehead atoms. The van der Waals surface area contributed by atoms with Crippen LogP contribution in [0.3, 0.4) is 0 Å². The molecule has 0 aliphatic carbocycles. The highest BCUT2D eigenvalue weighted by molar-refractivity contribution is 7.15. The lowest BCUT2D eigenvalue weighted by Crippen LogP contribution is -2.30. The summed E-state index contributed by atoms with van der Waals surface area (Å²) in [6, 6.07) is 7.13. The molecule has 0 atom stereocenters. The Hall–Kier alpha value is -2.25. The van der Waals surface area contributed by atoms with Crippen LogP contribution in [0.15, 0.2) is 24.3 Å². The smallest absolute Gasteiger partial charge is 0.321 e. The van der Waals surface area contributed by atoms with Gasteiger partial charge in [-0.3, -0.25) is 10.1 Å². The van der Waals surface area contributed by atoms with Crippen LogP contribution >= 0.6 is 11.3 Å². The molecule has 0 spiro atoms. The van der Waals surface area contributed by atoms with Gasteiger partial charge >= 0.3 is 6.03 Å². The zero-order chi connectivity index (χ0) is 17.8. The van der Waals surface area contributed by atoms with Crippen molar-refractivity contribution in [2.24, 2.45) is 0 Å². The minimum absolute atomic E-state index is 0.0213. The number of rotatable bonds is 5. The van der Waals surface area contributed by atoms with Gasteiger partial charge in [0.15, 0.2) is 10.9 Å². The summed E-state index contributed by atoms with van der Waals surface area (Å²) in [5.74, 6) is 0.0213. The summed E-state index contributed by atoms with van der Waals surface area (Å²) in [4.78, 5) is 32.0. The lowest BCUT2D eigenvalue weighted by Gasteiger charge is -2.20. The SMILES string of the molecule is Cc1ccc(C(=O)CCNC(=O)Nc2nc3c(s2)CN(C)CC3)cc1. The molecular weight excluding hydrogens is 336 g/mol. The zero-order valence-corrected chi connectivity index (χ0v) is 15.3. The maximum absolute atomic E-state index is 12.1. The molecule has 2 aromatic rings. The molecule has 2 amide bonds. The second-order valence-electron chi connectivity index (χ2n) is 6.30. The number of nitrogens with one attached hydrogen (secondary N) is 2. The second kappa shape index (κ2) is 7.76. The van der Waals surface area contributed by atoms with E-state index in [-0.39, 0.29) is 18.2 Å². The fraction of sp³-hybridized carbons (Fsp3) is 0.389. The van der Waals surface area contributed by atoms with Crippen molar-refractivity contribution >= 4 is 28.3 Å². The predicted octanol–water partition coefficient (Wildman–Crippen LogP) is 2.83. The van der Waals surface area contributed by atoms with E-state index in [4.69, 9.17) is 0 Å². The van der Waals surface area contributed by atoms with Crippen LogP contribution in [-0.4, -0.2) is 41.8 Å². The number of ketones is 1. The summed E-state index contributed by atoms with van der Waals surface area (Å²) < 4.78 is 0. The molecule has 1 aliphatic heterocycles. The molecule has 0 saturated carbocycles. The van der Waals surface area contributed by atoms with Gasteiger partial charge in [0.1, 0.15) is 0 Å². The van der Waals surface area contributed by atoms with Gasteiger partial charge in [0, 0.05) is 42.9 Å². The highest BCUT2D eigenvalue weighted by atomic mass is 32.1. The minimum Gasteiger partial charge on any atom is -0.337 e. The molecule has 1 aromatic heterocycles. The zero-order valence-electron chi connectivity index (χ0n) is 14.5. The Kier molecular flexibility index (Phi) is 5.45. The number of carbonyl (C=O) groups is 2. The first kappa shape index (κ1) is 17.6. The number of aryl methyl sites for hydroxylation is 1. The lowest BCUT2D eigenvalue weighted by atomic mass is 10.1. The van der Waals surface area contributed by atoms with Crippen LogP contribution in [0.25, 0.3) is 0 Å². The van der Waals surface area contributed by atoms with Crippen molar-refractivity contribution in [3.05, 3.63) is 46.0 Å². The number of aromatic nitrogens is 1. The average Bonchev–Trinajstić information content (AvgIpc) is 2.96. The summed E-state index contributed by atoms with van der Waals surface area (Å²) in [5.41, 5.74) is 2.86. The monoisotopic (exact) mass is 358 g/mol. The first-order chi connectivity index (χ1) is 12.0. The molecule has 0 saturated heterocycles. The number of amides is 2. The van der Waals surface area contributed by atoms with E-state index >= 15 is 0 Å². The molecular formula is C18H22N4O2S. The number of thiazole rings is 1. The van der Waals surface area contributed by atoms with E-state index in [1.807, 2.05) is 31.2 Å². The number of carbonyl (C=O) groups excluding carboxylic acids is 2. The fourth-order valence-electron chi connectivity index (χ4n) is 2.69. The van der Waals surface area contributed by atoms with Crippen molar-refractivity contribution in [2.75, 3.05) is 25.5 Å². The Bertz CT molecular complexity index is 770. The summed E-state index contributed by atoms with van der Waals surface area (Å²) in [5, 5.41) is 6.09. The Balaban J connectivity index is 1.45. The van der Waals surface area contributed by atoms with Gasteiger partial charge in [0.05, 0.1) is 5.69 Å². The third-order valence-corrected chi connectivity index (χ3v) is 5.15. The number of fused-ring (bicyclic) bond motifs is 1. The van der Waals surface area contributed by atoms with Crippen LogP contribution < -0.4 is 10.6 Å². The Morgan fingerprint density at radius 2 is 2.04 bits per heavy atom. The quantitative estimate of drug-likeness (QED) is 0.806. The largest absolute Gasteiger partial charge is 0.337 e. The van der Waals surface area contributed by atoms with E-state index in [1.54, 1.807) is 0 Å². The van der Waals surface area contributed by atoms with Gasteiger partial charge in [-0.2, -0.15) is 0 Å². The van der Waals surface area contributed by atoms with Gasteiger partial charge in [0.25, 0.3) is 0 Å². The topological polar surface area (TPSA) is 74.3 Å². The molecule has 132 valence electrons. The molecule has 2 heterocycles. The van der Waals surface area contributed by atoms with Crippen molar-refractivity contribution < 1.29 is 9.59 Å². The number of hydrogen-bond donors (Lipinski definition) is 2. The van der Waals surface area contributed by atoms with Crippen LogP contribution in [0, 0.1) is 6.92 Å². The van der Waals surface area contributed by atoms with Crippen LogP contribution in [0.4, 0.5) is 9.93 Å². The van der Waals surface area contributed by atoms with Crippen LogP contribution in [0.5, 0.6) is 0 Å². The van der Waals surface area contributed by atoms with Crippen molar-refractivity contribution in [2.45, 2.75) is 26.3 Å². The molecule has 2 N–H and O–H groups in total. The Morgan fingerprint density at radius 3 is 2.80 bits per heavy atom. The van der Waals surface area contributed by atoms with E-state index in [0.29, 0.717) is 17.2 Å². The number of benzene rings is 1. The van der Waals surface area contributed by atoms with Crippen LogP contribution in [-0.2, 0) is 13.0 Å². The van der Waals surface area contributed by atoms with E-state index in [1.165, 1.54) is 16.2 Å². The predicted molar refractivity (Wildman–Crippen MR) is 99.3 cm³/mol. The molecule has 3 rings (SSSR count). The van der Waals surface area contributed by atoms with Gasteiger partial charge < -0.3 is 10.2 Å². The minimum atomic E-state index is -0.323. The number of anilines is 1. The number of hydrogen-bond acceptors (Lipinski definition) is 5. The normalized spacial score (nSPS) is 14.0. The highest BCUT2D eigenvalue weighted by Crippen LogP contribution is 2.27. The van der Waals surface area contributed by atoms with Gasteiger partial charge in [-0.25, -0.2) is 9.78 Å². The van der Waals surface area contributed by atoms with E-state index in [0.717, 1.165) is 30.8 Å². The molecule has 0 fully saturated rings. The number of likely N-dealkylation sites (N-methyl/N-ethyl adjacent to an activating group) is 1. The molecule has 7 heteroatoms. The van der Waals surface area contributed by atoms with Crippen molar-refractivity contribution in [1.29, 1.82) is 0 Å². The van der Waals surface area contributed by atoms with E-state index < -0.39 is 0 Å². The van der Waals surface area contributed by atoms with Gasteiger partial charge in [-0.1, -0.05) is 29.8 Å². The maximum atomic E-state index is 12.1. The second-order valence-corrected chi connectivity index (χ2v) is 7.38. The number of urea groups is 1. The van der Waals surface area contributed by atoms with Crippen molar-refractivity contribution in [3.8, 4) is 0 Å². The molecule has 1 aromatic carbocycles. The summed E-state index contributed by atoms with van der Waals surface area (Å²) in [6.07, 6.45) is 1.19. The molecule has 1 aliphatic rings. The van der Waals surface area contributed by atoms with Gasteiger partial charge in [-0.05, 0) is 14.0 Å². The third-order valence-electron chi connectivity index (χ3n) is 4.15. The standard InChI is InChI=1S/C18H22N4O2S/c1-12-3-5-13(6-4-12)15(23)7-9-19-17(24)21-18-20-14-8-10-22(2)11-16(14)25-18/h3-6H,7-11H2,1-2H3,(H2,19,20,21,24). The van der Waals surface area contributed by atoms with Crippen molar-refractivity contribution in [3.63, 3.8) is 0 Å². The van der Waals surface area contributed by atoms with Gasteiger partial charge in [0.2, 0.25) is 0 Å². The highest BCUT2D eigenvalue weighted by Gasteiger charge is 2.19.